The summed E-state index contributed by atoms with van der Waals surface area (Å²) in [7, 11) is 0. The number of nitrogens with one attached hydrogen (secondary N) is 1. The lowest BCUT2D eigenvalue weighted by atomic mass is 9.95. The first kappa shape index (κ1) is 14.1. The van der Waals surface area contributed by atoms with E-state index in [2.05, 4.69) is 5.43 Å². The molecule has 0 bridgehead atoms. The number of amides is 2. The van der Waals surface area contributed by atoms with Crippen molar-refractivity contribution in [1.82, 2.24) is 5.01 Å². The average molecular weight is 300 g/mol. The van der Waals surface area contributed by atoms with Gasteiger partial charge in [0, 0.05) is 5.56 Å². The summed E-state index contributed by atoms with van der Waals surface area (Å²) >= 11 is 0. The van der Waals surface area contributed by atoms with Crippen LogP contribution in [0, 0.1) is 5.82 Å². The molecule has 1 aliphatic rings. The second-order valence-electron chi connectivity index (χ2n) is 5.00. The number of carbonyl (C=O) groups is 2. The van der Waals surface area contributed by atoms with E-state index in [1.54, 1.807) is 36.4 Å². The molecular formula is C16H13FN2O3. The van der Waals surface area contributed by atoms with E-state index >= 15 is 0 Å². The van der Waals surface area contributed by atoms with Crippen molar-refractivity contribution >= 4 is 17.7 Å². The number of halogens is 1. The highest BCUT2D eigenvalue weighted by atomic mass is 19.1. The molecule has 0 aliphatic carbocycles. The minimum atomic E-state index is -1.69. The van der Waals surface area contributed by atoms with Crippen LogP contribution < -0.4 is 5.43 Å². The van der Waals surface area contributed by atoms with E-state index in [1.165, 1.54) is 25.1 Å². The fourth-order valence-corrected chi connectivity index (χ4v) is 2.32. The third kappa shape index (κ3) is 2.18. The quantitative estimate of drug-likeness (QED) is 0.946. The van der Waals surface area contributed by atoms with Crippen LogP contribution in [0.4, 0.5) is 14.9 Å². The highest BCUT2D eigenvalue weighted by Gasteiger charge is 2.53. The maximum atomic E-state index is 14.0. The number of benzene rings is 2. The molecule has 22 heavy (non-hydrogen) atoms. The number of carbonyl (C=O) groups excluding carboxylic acids is 2. The van der Waals surface area contributed by atoms with Gasteiger partial charge in [-0.1, -0.05) is 36.4 Å². The first-order chi connectivity index (χ1) is 10.5. The SMILES string of the molecule is C[C@]1(c2ccccc2F)OC(=O)N(Nc2ccccc2)C1=O. The number of anilines is 1. The highest BCUT2D eigenvalue weighted by Crippen LogP contribution is 2.35. The van der Waals surface area contributed by atoms with Crippen molar-refractivity contribution in [1.29, 1.82) is 0 Å². The molecule has 0 saturated carbocycles. The van der Waals surface area contributed by atoms with Gasteiger partial charge in [0.15, 0.2) is 0 Å². The molecule has 5 nitrogen and oxygen atoms in total. The van der Waals surface area contributed by atoms with E-state index in [0.29, 0.717) is 5.69 Å². The Labute approximate surface area is 126 Å². The first-order valence-corrected chi connectivity index (χ1v) is 6.66. The molecule has 0 radical (unpaired) electrons. The van der Waals surface area contributed by atoms with Gasteiger partial charge in [0.25, 0.3) is 5.91 Å². The van der Waals surface area contributed by atoms with Gasteiger partial charge in [-0.3, -0.25) is 10.2 Å². The van der Waals surface area contributed by atoms with Crippen LogP contribution in [0.15, 0.2) is 54.6 Å². The summed E-state index contributed by atoms with van der Waals surface area (Å²) in [5.41, 5.74) is 1.55. The molecule has 0 unspecified atom stereocenters. The molecule has 2 aromatic rings. The van der Waals surface area contributed by atoms with Gasteiger partial charge in [-0.15, -0.1) is 5.01 Å². The largest absolute Gasteiger partial charge is 0.437 e. The summed E-state index contributed by atoms with van der Waals surface area (Å²) in [5, 5.41) is 0.752. The smallest absolute Gasteiger partial charge is 0.426 e. The number of hydrazine groups is 1. The van der Waals surface area contributed by atoms with Gasteiger partial charge >= 0.3 is 6.09 Å². The summed E-state index contributed by atoms with van der Waals surface area (Å²) in [6.45, 7) is 1.37. The van der Waals surface area contributed by atoms with Crippen LogP contribution in [0.5, 0.6) is 0 Å². The molecule has 1 fully saturated rings. The fourth-order valence-electron chi connectivity index (χ4n) is 2.32. The molecule has 2 aromatic carbocycles. The number of nitrogens with zero attached hydrogens (tertiary/aromatic N) is 1. The summed E-state index contributed by atoms with van der Waals surface area (Å²) in [6, 6.07) is 14.4. The van der Waals surface area contributed by atoms with Gasteiger partial charge in [0.05, 0.1) is 5.69 Å². The maximum Gasteiger partial charge on any atom is 0.437 e. The average Bonchev–Trinajstić information content (AvgIpc) is 2.73. The lowest BCUT2D eigenvalue weighted by Gasteiger charge is -2.21. The van der Waals surface area contributed by atoms with Gasteiger partial charge in [-0.05, 0) is 25.1 Å². The van der Waals surface area contributed by atoms with E-state index < -0.39 is 23.4 Å². The van der Waals surface area contributed by atoms with Crippen molar-refractivity contribution in [2.45, 2.75) is 12.5 Å². The second-order valence-corrected chi connectivity index (χ2v) is 5.00. The first-order valence-electron chi connectivity index (χ1n) is 6.66. The van der Waals surface area contributed by atoms with Gasteiger partial charge in [-0.25, -0.2) is 9.18 Å². The number of cyclic esters (lactones) is 1. The van der Waals surface area contributed by atoms with E-state index in [0.717, 1.165) is 5.01 Å². The zero-order valence-corrected chi connectivity index (χ0v) is 11.7. The molecule has 1 heterocycles. The Hall–Kier alpha value is -2.89. The van der Waals surface area contributed by atoms with Crippen LogP contribution in [0.3, 0.4) is 0 Å². The van der Waals surface area contributed by atoms with E-state index in [-0.39, 0.29) is 5.56 Å². The Morgan fingerprint density at radius 2 is 1.68 bits per heavy atom. The topological polar surface area (TPSA) is 58.6 Å². The van der Waals surface area contributed by atoms with Crippen LogP contribution in [0.1, 0.15) is 12.5 Å². The van der Waals surface area contributed by atoms with Crippen LogP contribution in [-0.4, -0.2) is 17.0 Å². The van der Waals surface area contributed by atoms with Gasteiger partial charge < -0.3 is 4.74 Å². The van der Waals surface area contributed by atoms with E-state index in [9.17, 15) is 14.0 Å². The molecule has 0 aromatic heterocycles. The number of rotatable bonds is 3. The Balaban J connectivity index is 1.93. The third-order valence-electron chi connectivity index (χ3n) is 3.49. The lowest BCUT2D eigenvalue weighted by molar-refractivity contribution is -0.135. The molecular weight excluding hydrogens is 287 g/mol. The normalized spacial score (nSPS) is 20.9. The Kier molecular flexibility index (Phi) is 3.29. The molecule has 0 spiro atoms. The number of para-hydroxylation sites is 1. The van der Waals surface area contributed by atoms with E-state index in [4.69, 9.17) is 4.74 Å². The predicted octanol–water partition coefficient (Wildman–Crippen LogP) is 3.05. The monoisotopic (exact) mass is 300 g/mol. The molecule has 1 atom stereocenters. The number of ether oxygens (including phenoxy) is 1. The number of hydrogen-bond donors (Lipinski definition) is 1. The molecule has 1 N–H and O–H groups in total. The van der Waals surface area contributed by atoms with Crippen molar-refractivity contribution < 1.29 is 18.7 Å². The van der Waals surface area contributed by atoms with Crippen molar-refractivity contribution in [2.75, 3.05) is 5.43 Å². The zero-order chi connectivity index (χ0) is 15.7. The Bertz CT molecular complexity index is 735. The summed E-state index contributed by atoms with van der Waals surface area (Å²) in [5.74, 6) is -1.28. The zero-order valence-electron chi connectivity index (χ0n) is 11.7. The summed E-state index contributed by atoms with van der Waals surface area (Å²) in [4.78, 5) is 24.5. The van der Waals surface area contributed by atoms with Gasteiger partial charge in [0.2, 0.25) is 5.60 Å². The van der Waals surface area contributed by atoms with Crippen LogP contribution >= 0.6 is 0 Å². The van der Waals surface area contributed by atoms with Crippen LogP contribution in [-0.2, 0) is 15.1 Å². The minimum Gasteiger partial charge on any atom is -0.426 e. The molecule has 112 valence electrons. The van der Waals surface area contributed by atoms with Crippen LogP contribution in [0.2, 0.25) is 0 Å². The summed E-state index contributed by atoms with van der Waals surface area (Å²) in [6.07, 6.45) is -0.875. The van der Waals surface area contributed by atoms with Crippen molar-refractivity contribution in [3.05, 3.63) is 66.0 Å². The molecule has 3 rings (SSSR count). The Morgan fingerprint density at radius 3 is 2.36 bits per heavy atom. The van der Waals surface area contributed by atoms with Crippen molar-refractivity contribution in [3.63, 3.8) is 0 Å². The van der Waals surface area contributed by atoms with E-state index in [1.807, 2.05) is 0 Å². The second kappa shape index (κ2) is 5.14. The standard InChI is InChI=1S/C16H13FN2O3/c1-16(12-9-5-6-10-13(12)17)14(20)19(15(21)22-16)18-11-7-3-2-4-8-11/h2-10,18H,1H3/t16-/m1/s1. The number of hydrogen-bond acceptors (Lipinski definition) is 4. The summed E-state index contributed by atoms with van der Waals surface area (Å²) < 4.78 is 19.1. The minimum absolute atomic E-state index is 0.0192. The van der Waals surface area contributed by atoms with Crippen molar-refractivity contribution in [2.24, 2.45) is 0 Å². The lowest BCUT2D eigenvalue weighted by Crippen LogP contribution is -2.40. The van der Waals surface area contributed by atoms with Gasteiger partial charge in [-0.2, -0.15) is 0 Å². The predicted molar refractivity (Wildman–Crippen MR) is 77.1 cm³/mol. The van der Waals surface area contributed by atoms with Gasteiger partial charge in [0.1, 0.15) is 5.82 Å². The Morgan fingerprint density at radius 1 is 1.05 bits per heavy atom. The van der Waals surface area contributed by atoms with Crippen molar-refractivity contribution in [3.8, 4) is 0 Å². The number of imide groups is 1. The molecule has 2 amide bonds. The molecule has 1 saturated heterocycles. The maximum absolute atomic E-state index is 14.0. The third-order valence-corrected chi connectivity index (χ3v) is 3.49. The highest BCUT2D eigenvalue weighted by molar-refractivity contribution is 6.04. The molecule has 6 heteroatoms. The fraction of sp³-hybridized carbons (Fsp3) is 0.125. The van der Waals surface area contributed by atoms with Crippen LogP contribution in [0.25, 0.3) is 0 Å². The molecule has 1 aliphatic heterocycles.